The van der Waals surface area contributed by atoms with E-state index in [1.807, 2.05) is 32.0 Å². The summed E-state index contributed by atoms with van der Waals surface area (Å²) < 4.78 is 27.5. The SMILES string of the molecule is Cc1ccc(S(=O)(=O)Nc2ccc3c(c2)CCN3)cc1C. The van der Waals surface area contributed by atoms with Crippen LogP contribution in [0.2, 0.25) is 0 Å². The Morgan fingerprint density at radius 2 is 1.86 bits per heavy atom. The van der Waals surface area contributed by atoms with Gasteiger partial charge in [-0.2, -0.15) is 0 Å². The zero-order valence-corrected chi connectivity index (χ0v) is 12.9. The monoisotopic (exact) mass is 302 g/mol. The molecule has 1 heterocycles. The van der Waals surface area contributed by atoms with Crippen molar-refractivity contribution in [3.05, 3.63) is 53.1 Å². The fourth-order valence-electron chi connectivity index (χ4n) is 2.46. The number of benzene rings is 2. The van der Waals surface area contributed by atoms with Crippen molar-refractivity contribution in [3.8, 4) is 0 Å². The van der Waals surface area contributed by atoms with Crippen LogP contribution in [0.4, 0.5) is 11.4 Å². The molecule has 110 valence electrons. The third-order valence-corrected chi connectivity index (χ3v) is 5.23. The van der Waals surface area contributed by atoms with Gasteiger partial charge in [0.25, 0.3) is 10.0 Å². The van der Waals surface area contributed by atoms with E-state index >= 15 is 0 Å². The van der Waals surface area contributed by atoms with Crippen LogP contribution in [0.1, 0.15) is 16.7 Å². The van der Waals surface area contributed by atoms with Gasteiger partial charge in [-0.25, -0.2) is 8.42 Å². The lowest BCUT2D eigenvalue weighted by atomic mass is 10.1. The highest BCUT2D eigenvalue weighted by atomic mass is 32.2. The first-order chi connectivity index (χ1) is 9.95. The highest BCUT2D eigenvalue weighted by Crippen LogP contribution is 2.27. The number of nitrogens with one attached hydrogen (secondary N) is 2. The predicted octanol–water partition coefficient (Wildman–Crippen LogP) is 3.07. The normalized spacial score (nSPS) is 13.6. The summed E-state index contributed by atoms with van der Waals surface area (Å²) in [6.45, 7) is 4.78. The molecule has 1 aliphatic heterocycles. The average Bonchev–Trinajstić information content (AvgIpc) is 2.88. The van der Waals surface area contributed by atoms with Gasteiger partial charge in [0.15, 0.2) is 0 Å². The second-order valence-corrected chi connectivity index (χ2v) is 7.08. The fourth-order valence-corrected chi connectivity index (χ4v) is 3.60. The molecular weight excluding hydrogens is 284 g/mol. The van der Waals surface area contributed by atoms with Crippen molar-refractivity contribution >= 4 is 21.4 Å². The van der Waals surface area contributed by atoms with Crippen LogP contribution in [-0.4, -0.2) is 15.0 Å². The Morgan fingerprint density at radius 1 is 1.05 bits per heavy atom. The molecule has 3 rings (SSSR count). The standard InChI is InChI=1S/C16H18N2O2S/c1-11-3-5-15(9-12(11)2)21(19,20)18-14-4-6-16-13(10-14)7-8-17-16/h3-6,9-10,17-18H,7-8H2,1-2H3. The minimum Gasteiger partial charge on any atom is -0.384 e. The molecule has 21 heavy (non-hydrogen) atoms. The second-order valence-electron chi connectivity index (χ2n) is 5.40. The molecule has 2 aromatic rings. The van der Waals surface area contributed by atoms with E-state index in [4.69, 9.17) is 0 Å². The molecule has 2 N–H and O–H groups in total. The van der Waals surface area contributed by atoms with Gasteiger partial charge < -0.3 is 5.32 Å². The molecule has 5 heteroatoms. The molecule has 0 saturated carbocycles. The van der Waals surface area contributed by atoms with Crippen molar-refractivity contribution in [1.29, 1.82) is 0 Å². The van der Waals surface area contributed by atoms with Gasteiger partial charge >= 0.3 is 0 Å². The number of hydrogen-bond acceptors (Lipinski definition) is 3. The van der Waals surface area contributed by atoms with Crippen LogP contribution in [0.15, 0.2) is 41.3 Å². The molecule has 4 nitrogen and oxygen atoms in total. The first-order valence-electron chi connectivity index (χ1n) is 6.92. The summed E-state index contributed by atoms with van der Waals surface area (Å²) in [7, 11) is -3.54. The summed E-state index contributed by atoms with van der Waals surface area (Å²) in [6.07, 6.45) is 0.925. The summed E-state index contributed by atoms with van der Waals surface area (Å²) >= 11 is 0. The minimum absolute atomic E-state index is 0.296. The number of anilines is 2. The summed E-state index contributed by atoms with van der Waals surface area (Å²) in [5.74, 6) is 0. The molecule has 2 aromatic carbocycles. The van der Waals surface area contributed by atoms with Gasteiger partial charge in [0.1, 0.15) is 0 Å². The zero-order valence-electron chi connectivity index (χ0n) is 12.1. The van der Waals surface area contributed by atoms with Crippen LogP contribution in [0.3, 0.4) is 0 Å². The molecule has 1 aliphatic rings. The highest BCUT2D eigenvalue weighted by molar-refractivity contribution is 7.92. The Kier molecular flexibility index (Phi) is 3.37. The van der Waals surface area contributed by atoms with Gasteiger partial charge in [0.2, 0.25) is 0 Å². The largest absolute Gasteiger partial charge is 0.384 e. The molecule has 0 bridgehead atoms. The third kappa shape index (κ3) is 2.74. The van der Waals surface area contributed by atoms with Gasteiger partial charge in [0.05, 0.1) is 4.90 Å². The second kappa shape index (κ2) is 5.07. The van der Waals surface area contributed by atoms with E-state index in [1.54, 1.807) is 18.2 Å². The summed E-state index contributed by atoms with van der Waals surface area (Å²) in [6, 6.07) is 10.8. The lowest BCUT2D eigenvalue weighted by Gasteiger charge is -2.11. The van der Waals surface area contributed by atoms with Crippen LogP contribution in [0.5, 0.6) is 0 Å². The van der Waals surface area contributed by atoms with E-state index in [0.717, 1.165) is 35.3 Å². The number of sulfonamides is 1. The number of aryl methyl sites for hydroxylation is 2. The van der Waals surface area contributed by atoms with E-state index in [1.165, 1.54) is 0 Å². The van der Waals surface area contributed by atoms with E-state index in [-0.39, 0.29) is 0 Å². The molecule has 0 aliphatic carbocycles. The number of fused-ring (bicyclic) bond motifs is 1. The van der Waals surface area contributed by atoms with E-state index in [2.05, 4.69) is 10.0 Å². The van der Waals surface area contributed by atoms with Gasteiger partial charge in [-0.15, -0.1) is 0 Å². The topological polar surface area (TPSA) is 58.2 Å². The lowest BCUT2D eigenvalue weighted by Crippen LogP contribution is -2.13. The molecule has 0 aromatic heterocycles. The lowest BCUT2D eigenvalue weighted by molar-refractivity contribution is 0.601. The van der Waals surface area contributed by atoms with E-state index in [9.17, 15) is 8.42 Å². The molecule has 0 saturated heterocycles. The fraction of sp³-hybridized carbons (Fsp3) is 0.250. The van der Waals surface area contributed by atoms with Crippen LogP contribution < -0.4 is 10.0 Å². The van der Waals surface area contributed by atoms with Gasteiger partial charge in [-0.3, -0.25) is 4.72 Å². The van der Waals surface area contributed by atoms with Crippen molar-refractivity contribution in [2.45, 2.75) is 25.2 Å². The van der Waals surface area contributed by atoms with Crippen molar-refractivity contribution in [1.82, 2.24) is 0 Å². The maximum atomic E-state index is 12.4. The van der Waals surface area contributed by atoms with Crippen LogP contribution in [0, 0.1) is 13.8 Å². The number of rotatable bonds is 3. The van der Waals surface area contributed by atoms with Crippen molar-refractivity contribution in [2.24, 2.45) is 0 Å². The Labute approximate surface area is 125 Å². The van der Waals surface area contributed by atoms with Crippen LogP contribution in [0.25, 0.3) is 0 Å². The van der Waals surface area contributed by atoms with Crippen LogP contribution in [-0.2, 0) is 16.4 Å². The molecule has 0 spiro atoms. The van der Waals surface area contributed by atoms with E-state index < -0.39 is 10.0 Å². The summed E-state index contributed by atoms with van der Waals surface area (Å²) in [5.41, 5.74) is 4.89. The summed E-state index contributed by atoms with van der Waals surface area (Å²) in [4.78, 5) is 0.296. The van der Waals surface area contributed by atoms with E-state index in [0.29, 0.717) is 10.6 Å². The first-order valence-corrected chi connectivity index (χ1v) is 8.41. The molecule has 0 atom stereocenters. The van der Waals surface area contributed by atoms with Crippen LogP contribution >= 0.6 is 0 Å². The quantitative estimate of drug-likeness (QED) is 0.916. The zero-order chi connectivity index (χ0) is 15.0. The smallest absolute Gasteiger partial charge is 0.261 e. The van der Waals surface area contributed by atoms with Crippen molar-refractivity contribution < 1.29 is 8.42 Å². The Hall–Kier alpha value is -2.01. The molecule has 0 amide bonds. The number of hydrogen-bond donors (Lipinski definition) is 2. The summed E-state index contributed by atoms with van der Waals surface area (Å²) in [5, 5.41) is 3.26. The Morgan fingerprint density at radius 3 is 2.62 bits per heavy atom. The maximum absolute atomic E-state index is 12.4. The van der Waals surface area contributed by atoms with Gasteiger partial charge in [-0.05, 0) is 67.3 Å². The molecule has 0 fully saturated rings. The molecule has 0 radical (unpaired) electrons. The third-order valence-electron chi connectivity index (χ3n) is 3.86. The predicted molar refractivity (Wildman–Crippen MR) is 85.4 cm³/mol. The molecular formula is C16H18N2O2S. The first kappa shape index (κ1) is 13.9. The van der Waals surface area contributed by atoms with Crippen molar-refractivity contribution in [3.63, 3.8) is 0 Å². The maximum Gasteiger partial charge on any atom is 0.261 e. The molecule has 0 unspecified atom stereocenters. The van der Waals surface area contributed by atoms with Gasteiger partial charge in [0, 0.05) is 17.9 Å². The van der Waals surface area contributed by atoms with Crippen molar-refractivity contribution in [2.75, 3.05) is 16.6 Å². The highest BCUT2D eigenvalue weighted by Gasteiger charge is 2.16. The Bertz CT molecular complexity index is 798. The van der Waals surface area contributed by atoms with Gasteiger partial charge in [-0.1, -0.05) is 6.07 Å². The average molecular weight is 302 g/mol. The Balaban J connectivity index is 1.90. The minimum atomic E-state index is -3.54.